The lowest BCUT2D eigenvalue weighted by Gasteiger charge is -2.48. The average molecular weight is 477 g/mol. The summed E-state index contributed by atoms with van der Waals surface area (Å²) >= 11 is 0. The maximum Gasteiger partial charge on any atom is 0.246 e. The van der Waals surface area contributed by atoms with Gasteiger partial charge in [-0.3, -0.25) is 4.79 Å². The number of methoxy groups -OCH3 is 1. The van der Waals surface area contributed by atoms with Crippen LogP contribution in [-0.2, 0) is 16.0 Å². The lowest BCUT2D eigenvalue weighted by molar-refractivity contribution is -0.126. The maximum atomic E-state index is 12.1. The topological polar surface area (TPSA) is 105 Å². The number of hydrogen-bond donors (Lipinski definition) is 4. The molecule has 2 heterocycles. The third-order valence-electron chi connectivity index (χ3n) is 6.80. The van der Waals surface area contributed by atoms with Crippen molar-refractivity contribution >= 4 is 11.7 Å². The Bertz CT molecular complexity index is 835. The SMILES string of the molecule is CCC[C@H](NC(=O)COC)[C@H](O)CN[C@H]1CC2(CCC2)Oc2c1cc(CC(C)(C)C)nc2NC. The Morgan fingerprint density at radius 1 is 1.38 bits per heavy atom. The number of fused-ring (bicyclic) bond motifs is 1. The first kappa shape index (κ1) is 26.7. The molecule has 3 atom stereocenters. The second kappa shape index (κ2) is 11.2. The van der Waals surface area contributed by atoms with Crippen molar-refractivity contribution in [3.05, 3.63) is 17.3 Å². The highest BCUT2D eigenvalue weighted by molar-refractivity contribution is 5.77. The minimum Gasteiger partial charge on any atom is -0.483 e. The van der Waals surface area contributed by atoms with E-state index in [4.69, 9.17) is 14.5 Å². The molecule has 1 aromatic heterocycles. The number of amides is 1. The number of ether oxygens (including phenoxy) is 2. The number of nitrogens with one attached hydrogen (secondary N) is 3. The first-order valence-electron chi connectivity index (χ1n) is 12.7. The predicted octanol–water partition coefficient (Wildman–Crippen LogP) is 3.34. The Kier molecular flexibility index (Phi) is 8.82. The molecule has 3 rings (SSSR count). The zero-order chi connectivity index (χ0) is 24.9. The van der Waals surface area contributed by atoms with E-state index in [1.165, 1.54) is 13.5 Å². The quantitative estimate of drug-likeness (QED) is 0.388. The van der Waals surface area contributed by atoms with Crippen LogP contribution >= 0.6 is 0 Å². The molecule has 1 amide bonds. The van der Waals surface area contributed by atoms with Gasteiger partial charge >= 0.3 is 0 Å². The van der Waals surface area contributed by atoms with Crippen LogP contribution in [0.25, 0.3) is 0 Å². The van der Waals surface area contributed by atoms with Crippen molar-refractivity contribution in [2.45, 2.75) is 96.4 Å². The van der Waals surface area contributed by atoms with Crippen LogP contribution in [0.3, 0.4) is 0 Å². The second-order valence-corrected chi connectivity index (χ2v) is 11.1. The molecule has 34 heavy (non-hydrogen) atoms. The van der Waals surface area contributed by atoms with Gasteiger partial charge in [0.2, 0.25) is 5.91 Å². The van der Waals surface area contributed by atoms with Crippen molar-refractivity contribution in [2.24, 2.45) is 5.41 Å². The fourth-order valence-corrected chi connectivity index (χ4v) is 5.03. The van der Waals surface area contributed by atoms with Crippen LogP contribution < -0.4 is 20.7 Å². The van der Waals surface area contributed by atoms with Gasteiger partial charge in [0.1, 0.15) is 12.2 Å². The number of pyridine rings is 1. The lowest BCUT2D eigenvalue weighted by Crippen LogP contribution is -2.52. The summed E-state index contributed by atoms with van der Waals surface area (Å²) in [6.45, 7) is 9.06. The normalized spacial score (nSPS) is 20.6. The summed E-state index contributed by atoms with van der Waals surface area (Å²) in [4.78, 5) is 16.9. The summed E-state index contributed by atoms with van der Waals surface area (Å²) in [6.07, 6.45) is 5.82. The number of hydrogen-bond acceptors (Lipinski definition) is 7. The molecule has 1 aromatic rings. The van der Waals surface area contributed by atoms with Gasteiger partial charge < -0.3 is 30.5 Å². The summed E-state index contributed by atoms with van der Waals surface area (Å²) in [5.74, 6) is 1.41. The fraction of sp³-hybridized carbons (Fsp3) is 0.769. The largest absolute Gasteiger partial charge is 0.483 e. The summed E-state index contributed by atoms with van der Waals surface area (Å²) < 4.78 is 11.5. The van der Waals surface area contributed by atoms with Crippen molar-refractivity contribution in [2.75, 3.05) is 32.6 Å². The molecule has 1 fully saturated rings. The fourth-order valence-electron chi connectivity index (χ4n) is 5.03. The molecule has 1 spiro atoms. The Morgan fingerprint density at radius 3 is 2.68 bits per heavy atom. The van der Waals surface area contributed by atoms with E-state index >= 15 is 0 Å². The van der Waals surface area contributed by atoms with E-state index in [1.807, 2.05) is 14.0 Å². The van der Waals surface area contributed by atoms with Crippen molar-refractivity contribution in [3.63, 3.8) is 0 Å². The molecule has 8 nitrogen and oxygen atoms in total. The number of aromatic nitrogens is 1. The number of nitrogens with zero attached hydrogens (tertiary/aromatic N) is 1. The van der Waals surface area contributed by atoms with Crippen LogP contribution in [0.1, 0.15) is 83.5 Å². The molecule has 1 saturated carbocycles. The molecule has 0 saturated heterocycles. The first-order valence-corrected chi connectivity index (χ1v) is 12.7. The number of rotatable bonds is 11. The van der Waals surface area contributed by atoms with Crippen LogP contribution in [0.2, 0.25) is 0 Å². The van der Waals surface area contributed by atoms with Crippen molar-refractivity contribution in [1.29, 1.82) is 0 Å². The number of anilines is 1. The van der Waals surface area contributed by atoms with Gasteiger partial charge in [0.25, 0.3) is 0 Å². The zero-order valence-electron chi connectivity index (χ0n) is 21.8. The van der Waals surface area contributed by atoms with Crippen molar-refractivity contribution in [1.82, 2.24) is 15.6 Å². The highest BCUT2D eigenvalue weighted by Crippen LogP contribution is 2.51. The minimum atomic E-state index is -0.705. The number of aliphatic hydroxyl groups excluding tert-OH is 1. The average Bonchev–Trinajstić information content (AvgIpc) is 2.74. The van der Waals surface area contributed by atoms with Gasteiger partial charge in [-0.05, 0) is 43.6 Å². The molecule has 0 bridgehead atoms. The smallest absolute Gasteiger partial charge is 0.246 e. The highest BCUT2D eigenvalue weighted by atomic mass is 16.5. The van der Waals surface area contributed by atoms with Gasteiger partial charge in [-0.1, -0.05) is 34.1 Å². The summed E-state index contributed by atoms with van der Waals surface area (Å²) in [5.41, 5.74) is 2.08. The van der Waals surface area contributed by atoms with Crippen molar-refractivity contribution in [3.8, 4) is 5.75 Å². The molecule has 8 heteroatoms. The number of aliphatic hydroxyl groups is 1. The molecular formula is C26H44N4O4. The van der Waals surface area contributed by atoms with Crippen molar-refractivity contribution < 1.29 is 19.4 Å². The van der Waals surface area contributed by atoms with Gasteiger partial charge in [-0.25, -0.2) is 4.98 Å². The first-order chi connectivity index (χ1) is 16.1. The number of carbonyl (C=O) groups excluding carboxylic acids is 1. The lowest BCUT2D eigenvalue weighted by atomic mass is 9.72. The predicted molar refractivity (Wildman–Crippen MR) is 134 cm³/mol. The monoisotopic (exact) mass is 476 g/mol. The van der Waals surface area contributed by atoms with E-state index in [9.17, 15) is 9.90 Å². The van der Waals surface area contributed by atoms with Crippen LogP contribution in [-0.4, -0.2) is 61.1 Å². The second-order valence-electron chi connectivity index (χ2n) is 11.1. The van der Waals surface area contributed by atoms with Crippen LogP contribution in [0.15, 0.2) is 6.07 Å². The van der Waals surface area contributed by atoms with E-state index in [1.54, 1.807) is 0 Å². The van der Waals surface area contributed by atoms with Gasteiger partial charge in [0.15, 0.2) is 11.6 Å². The van der Waals surface area contributed by atoms with Crippen LogP contribution in [0.5, 0.6) is 5.75 Å². The molecule has 2 aliphatic rings. The molecule has 192 valence electrons. The third kappa shape index (κ3) is 6.61. The molecule has 1 aliphatic carbocycles. The number of carbonyl (C=O) groups is 1. The minimum absolute atomic E-state index is 0.00737. The van der Waals surface area contributed by atoms with Crippen LogP contribution in [0.4, 0.5) is 5.82 Å². The summed E-state index contributed by atoms with van der Waals surface area (Å²) in [5, 5.41) is 20.8. The summed E-state index contributed by atoms with van der Waals surface area (Å²) in [6, 6.07) is 1.89. The Labute approximate surface area is 204 Å². The zero-order valence-corrected chi connectivity index (χ0v) is 21.8. The van der Waals surface area contributed by atoms with E-state index in [2.05, 4.69) is 42.8 Å². The van der Waals surface area contributed by atoms with Crippen LogP contribution in [0, 0.1) is 5.41 Å². The summed E-state index contributed by atoms with van der Waals surface area (Å²) in [7, 11) is 3.38. The molecule has 0 aromatic carbocycles. The Balaban J connectivity index is 1.82. The van der Waals surface area contributed by atoms with Gasteiger partial charge in [-0.2, -0.15) is 0 Å². The molecule has 4 N–H and O–H groups in total. The maximum absolute atomic E-state index is 12.1. The molecule has 0 unspecified atom stereocenters. The molecule has 1 aliphatic heterocycles. The Morgan fingerprint density at radius 2 is 2.12 bits per heavy atom. The van der Waals surface area contributed by atoms with E-state index in [0.29, 0.717) is 13.0 Å². The van der Waals surface area contributed by atoms with Gasteiger partial charge in [0, 0.05) is 44.4 Å². The standard InChI is InChI=1S/C26H44N4O4/c1-7-9-19(30-22(32)16-33-6)21(31)15-28-20-14-26(10-8-11-26)34-23-18(20)12-17(13-25(2,3)4)29-24(23)27-5/h12,19-21,28,31H,7-11,13-16H2,1-6H3,(H,27,29)(H,30,32)/t19-,20-,21+/m0/s1. The van der Waals surface area contributed by atoms with E-state index < -0.39 is 6.10 Å². The third-order valence-corrected chi connectivity index (χ3v) is 6.80. The molecular weight excluding hydrogens is 432 g/mol. The molecule has 0 radical (unpaired) electrons. The van der Waals surface area contributed by atoms with E-state index in [0.717, 1.165) is 54.9 Å². The van der Waals surface area contributed by atoms with E-state index in [-0.39, 0.29) is 35.6 Å². The van der Waals surface area contributed by atoms with Gasteiger partial charge in [0.05, 0.1) is 12.1 Å². The Hall–Kier alpha value is -1.90. The van der Waals surface area contributed by atoms with Gasteiger partial charge in [-0.15, -0.1) is 0 Å². The highest BCUT2D eigenvalue weighted by Gasteiger charge is 2.46.